The molecule has 0 aliphatic rings. The molecule has 7 heteroatoms. The number of aromatic nitrogens is 2. The highest BCUT2D eigenvalue weighted by Gasteiger charge is 2.18. The lowest BCUT2D eigenvalue weighted by molar-refractivity contribution is 0.0697. The van der Waals surface area contributed by atoms with Crippen molar-refractivity contribution in [2.45, 2.75) is 19.9 Å². The van der Waals surface area contributed by atoms with Crippen molar-refractivity contribution in [2.75, 3.05) is 4.90 Å². The van der Waals surface area contributed by atoms with Crippen LogP contribution in [0.15, 0.2) is 30.5 Å². The maximum Gasteiger partial charge on any atom is 0.337 e. The number of aromatic carboxylic acids is 1. The molecule has 0 atom stereocenters. The Morgan fingerprint density at radius 2 is 2.00 bits per heavy atom. The number of carboxylic acid groups (broad SMARTS) is 1. The van der Waals surface area contributed by atoms with Crippen molar-refractivity contribution in [3.05, 3.63) is 46.3 Å². The van der Waals surface area contributed by atoms with Crippen molar-refractivity contribution < 1.29 is 9.90 Å². The number of benzene rings is 1. The maximum atomic E-state index is 11.2. The van der Waals surface area contributed by atoms with Gasteiger partial charge in [-0.3, -0.25) is 0 Å². The monoisotopic (exact) mass is 325 g/mol. The molecule has 0 amide bonds. The molecule has 0 fully saturated rings. The molecule has 1 aromatic carbocycles. The molecule has 5 nitrogen and oxygen atoms in total. The number of halogens is 2. The van der Waals surface area contributed by atoms with Crippen LogP contribution in [0.5, 0.6) is 0 Å². The highest BCUT2D eigenvalue weighted by atomic mass is 35.5. The van der Waals surface area contributed by atoms with Crippen LogP contribution >= 0.6 is 23.2 Å². The van der Waals surface area contributed by atoms with E-state index < -0.39 is 5.97 Å². The molecule has 21 heavy (non-hydrogen) atoms. The van der Waals surface area contributed by atoms with Gasteiger partial charge in [-0.15, -0.1) is 0 Å². The van der Waals surface area contributed by atoms with Gasteiger partial charge in [-0.05, 0) is 49.7 Å². The van der Waals surface area contributed by atoms with Crippen LogP contribution in [0.3, 0.4) is 0 Å². The quantitative estimate of drug-likeness (QED) is 0.859. The molecule has 1 N–H and O–H groups in total. The van der Waals surface area contributed by atoms with Crippen molar-refractivity contribution in [2.24, 2.45) is 0 Å². The summed E-state index contributed by atoms with van der Waals surface area (Å²) < 4.78 is 0. The topological polar surface area (TPSA) is 66.3 Å². The summed E-state index contributed by atoms with van der Waals surface area (Å²) in [6.07, 6.45) is 1.55. The zero-order valence-corrected chi connectivity index (χ0v) is 12.9. The van der Waals surface area contributed by atoms with Gasteiger partial charge >= 0.3 is 5.97 Å². The Kier molecular flexibility index (Phi) is 4.65. The summed E-state index contributed by atoms with van der Waals surface area (Å²) in [4.78, 5) is 21.1. The number of anilines is 2. The van der Waals surface area contributed by atoms with E-state index in [1.165, 1.54) is 6.07 Å². The minimum absolute atomic E-state index is 0.0405. The number of nitrogens with zero attached hydrogens (tertiary/aromatic N) is 3. The van der Waals surface area contributed by atoms with Crippen LogP contribution in [0.4, 0.5) is 11.5 Å². The molecule has 0 radical (unpaired) electrons. The lowest BCUT2D eigenvalue weighted by Gasteiger charge is -2.28. The Labute approximate surface area is 132 Å². The van der Waals surface area contributed by atoms with E-state index in [0.29, 0.717) is 11.5 Å². The highest BCUT2D eigenvalue weighted by molar-refractivity contribution is 6.33. The van der Waals surface area contributed by atoms with Gasteiger partial charge in [-0.25, -0.2) is 14.8 Å². The van der Waals surface area contributed by atoms with Gasteiger partial charge in [0.25, 0.3) is 0 Å². The zero-order valence-electron chi connectivity index (χ0n) is 11.4. The third-order valence-electron chi connectivity index (χ3n) is 2.83. The molecular formula is C14H13Cl2N3O2. The van der Waals surface area contributed by atoms with Crippen LogP contribution in [0.1, 0.15) is 24.2 Å². The smallest absolute Gasteiger partial charge is 0.337 e. The van der Waals surface area contributed by atoms with E-state index in [1.54, 1.807) is 24.4 Å². The van der Waals surface area contributed by atoms with Crippen LogP contribution in [-0.4, -0.2) is 27.1 Å². The van der Waals surface area contributed by atoms with Crippen LogP contribution in [0.2, 0.25) is 10.3 Å². The van der Waals surface area contributed by atoms with E-state index in [4.69, 9.17) is 23.2 Å². The fraction of sp³-hybridized carbons (Fsp3) is 0.214. The number of hydrogen-bond acceptors (Lipinski definition) is 4. The standard InChI is InChI=1S/C14H13Cl2N3O2/c1-8(2)19(12-5-6-17-14(16)18-12)9-3-4-11(15)10(7-9)13(20)21/h3-8H,1-2H3,(H,20,21). The molecule has 1 aromatic heterocycles. The third-order valence-corrected chi connectivity index (χ3v) is 3.34. The molecule has 1 heterocycles. The summed E-state index contributed by atoms with van der Waals surface area (Å²) in [6.45, 7) is 3.93. The first kappa shape index (κ1) is 15.5. The van der Waals surface area contributed by atoms with Gasteiger partial charge < -0.3 is 10.0 Å². The van der Waals surface area contributed by atoms with Crippen molar-refractivity contribution in [3.8, 4) is 0 Å². The molecule has 0 spiro atoms. The van der Waals surface area contributed by atoms with E-state index >= 15 is 0 Å². The fourth-order valence-electron chi connectivity index (χ4n) is 1.98. The normalized spacial score (nSPS) is 10.7. The van der Waals surface area contributed by atoms with Gasteiger partial charge in [0, 0.05) is 17.9 Å². The van der Waals surface area contributed by atoms with Crippen LogP contribution < -0.4 is 4.90 Å². The van der Waals surface area contributed by atoms with Crippen molar-refractivity contribution in [1.29, 1.82) is 0 Å². The molecule has 0 saturated carbocycles. The van der Waals surface area contributed by atoms with Crippen molar-refractivity contribution in [3.63, 3.8) is 0 Å². The van der Waals surface area contributed by atoms with E-state index in [-0.39, 0.29) is 21.9 Å². The number of rotatable bonds is 4. The lowest BCUT2D eigenvalue weighted by Crippen LogP contribution is -2.26. The summed E-state index contributed by atoms with van der Waals surface area (Å²) in [5.41, 5.74) is 0.710. The Morgan fingerprint density at radius 3 is 2.57 bits per heavy atom. The zero-order chi connectivity index (χ0) is 15.6. The van der Waals surface area contributed by atoms with Crippen LogP contribution in [0.25, 0.3) is 0 Å². The second-order valence-corrected chi connectivity index (χ2v) is 5.36. The largest absolute Gasteiger partial charge is 0.478 e. The first-order valence-corrected chi connectivity index (χ1v) is 6.96. The first-order chi connectivity index (χ1) is 9.90. The van der Waals surface area contributed by atoms with E-state index in [9.17, 15) is 9.90 Å². The summed E-state index contributed by atoms with van der Waals surface area (Å²) >= 11 is 11.7. The summed E-state index contributed by atoms with van der Waals surface area (Å²) in [7, 11) is 0. The van der Waals surface area contributed by atoms with Crippen LogP contribution in [0, 0.1) is 0 Å². The van der Waals surface area contributed by atoms with Gasteiger partial charge in [0.05, 0.1) is 10.6 Å². The molecule has 0 bridgehead atoms. The Morgan fingerprint density at radius 1 is 1.29 bits per heavy atom. The molecule has 110 valence electrons. The minimum atomic E-state index is -1.08. The number of carboxylic acids is 1. The van der Waals surface area contributed by atoms with Gasteiger partial charge in [-0.1, -0.05) is 11.6 Å². The predicted molar refractivity (Wildman–Crippen MR) is 82.7 cm³/mol. The molecule has 0 aliphatic carbocycles. The lowest BCUT2D eigenvalue weighted by atomic mass is 10.1. The van der Waals surface area contributed by atoms with E-state index in [1.807, 2.05) is 18.7 Å². The van der Waals surface area contributed by atoms with Crippen molar-refractivity contribution in [1.82, 2.24) is 9.97 Å². The molecule has 0 aliphatic heterocycles. The van der Waals surface area contributed by atoms with E-state index in [0.717, 1.165) is 0 Å². The van der Waals surface area contributed by atoms with E-state index in [2.05, 4.69) is 9.97 Å². The average molecular weight is 326 g/mol. The minimum Gasteiger partial charge on any atom is -0.478 e. The number of carbonyl (C=O) groups is 1. The second kappa shape index (κ2) is 6.28. The Balaban J connectivity index is 2.54. The summed E-state index contributed by atoms with van der Waals surface area (Å²) in [5, 5.41) is 9.50. The average Bonchev–Trinajstić information content (AvgIpc) is 2.40. The summed E-state index contributed by atoms with van der Waals surface area (Å²) in [6, 6.07) is 6.56. The summed E-state index contributed by atoms with van der Waals surface area (Å²) in [5.74, 6) is -0.491. The highest BCUT2D eigenvalue weighted by Crippen LogP contribution is 2.30. The number of hydrogen-bond donors (Lipinski definition) is 1. The van der Waals surface area contributed by atoms with Crippen molar-refractivity contribution >= 4 is 40.7 Å². The molecule has 2 aromatic rings. The van der Waals surface area contributed by atoms with Gasteiger partial charge in [-0.2, -0.15) is 0 Å². The SMILES string of the molecule is CC(C)N(c1ccc(Cl)c(C(=O)O)c1)c1ccnc(Cl)n1. The maximum absolute atomic E-state index is 11.2. The van der Waals surface area contributed by atoms with Gasteiger partial charge in [0.15, 0.2) is 0 Å². The van der Waals surface area contributed by atoms with Gasteiger partial charge in [0.2, 0.25) is 5.28 Å². The molecular weight excluding hydrogens is 313 g/mol. The Bertz CT molecular complexity index is 677. The Hall–Kier alpha value is -1.85. The molecule has 0 unspecified atom stereocenters. The predicted octanol–water partition coefficient (Wildman–Crippen LogP) is 4.03. The fourth-order valence-corrected chi connectivity index (χ4v) is 2.32. The molecule has 2 rings (SSSR count). The van der Waals surface area contributed by atoms with Crippen LogP contribution in [-0.2, 0) is 0 Å². The molecule has 0 saturated heterocycles. The van der Waals surface area contributed by atoms with Gasteiger partial charge in [0.1, 0.15) is 5.82 Å². The third kappa shape index (κ3) is 3.43. The first-order valence-electron chi connectivity index (χ1n) is 6.20. The second-order valence-electron chi connectivity index (χ2n) is 4.62.